The maximum absolute atomic E-state index is 12.2. The maximum atomic E-state index is 12.2. The summed E-state index contributed by atoms with van der Waals surface area (Å²) in [5, 5.41) is 0.638. The average Bonchev–Trinajstić information content (AvgIpc) is 3.34. The molecule has 2 aliphatic heterocycles. The van der Waals surface area contributed by atoms with E-state index in [1.54, 1.807) is 0 Å². The summed E-state index contributed by atoms with van der Waals surface area (Å²) in [4.78, 5) is 18.6. The van der Waals surface area contributed by atoms with Crippen LogP contribution >= 0.6 is 11.8 Å². The van der Waals surface area contributed by atoms with Crippen LogP contribution in [0.5, 0.6) is 0 Å². The van der Waals surface area contributed by atoms with Gasteiger partial charge in [-0.2, -0.15) is 4.99 Å². The molecule has 2 heterocycles. The number of unbranched alkanes of at least 4 members (excludes halogenated alkanes) is 1. The van der Waals surface area contributed by atoms with Gasteiger partial charge in [-0.1, -0.05) is 37.2 Å². The van der Waals surface area contributed by atoms with Crippen molar-refractivity contribution in [1.29, 1.82) is 0 Å². The van der Waals surface area contributed by atoms with Gasteiger partial charge in [0.15, 0.2) is 15.0 Å². The number of fused-ring (bicyclic) bond motifs is 1. The summed E-state index contributed by atoms with van der Waals surface area (Å²) in [5.74, 6) is 0.327. The summed E-state index contributed by atoms with van der Waals surface area (Å²) >= 11 is 1.45. The number of rotatable bonds is 5. The molecule has 1 saturated carbocycles. The number of aliphatic imine (C=N–C) groups is 1. The van der Waals surface area contributed by atoms with E-state index in [-0.39, 0.29) is 34.6 Å². The standard InChI is InChI=1S/C19H24N2O3S2/c1-2-3-4-13-5-9-15(10-6-13)21-16-11-26(23,24)12-17(16)25-19(21)20-18(22)14-7-8-14/h5-6,9-10,14,16-17H,2-4,7-8,11-12H2,1H3/t16-,17+/m1/s1. The molecule has 2 saturated heterocycles. The molecule has 1 amide bonds. The van der Waals surface area contributed by atoms with Crippen LogP contribution in [0.1, 0.15) is 38.2 Å². The van der Waals surface area contributed by atoms with Crippen LogP contribution in [0.3, 0.4) is 0 Å². The number of anilines is 1. The first-order valence-electron chi connectivity index (χ1n) is 9.34. The van der Waals surface area contributed by atoms with Crippen LogP contribution in [-0.4, -0.2) is 42.3 Å². The number of benzene rings is 1. The minimum absolute atomic E-state index is 0.0366. The molecule has 0 spiro atoms. The molecule has 0 bridgehead atoms. The van der Waals surface area contributed by atoms with Gasteiger partial charge in [0, 0.05) is 16.9 Å². The molecule has 2 atom stereocenters. The number of amidine groups is 1. The number of hydrogen-bond donors (Lipinski definition) is 0. The van der Waals surface area contributed by atoms with Crippen molar-refractivity contribution >= 4 is 38.4 Å². The van der Waals surface area contributed by atoms with E-state index < -0.39 is 9.84 Å². The molecule has 1 aromatic carbocycles. The van der Waals surface area contributed by atoms with Crippen LogP contribution in [0.4, 0.5) is 5.69 Å². The molecule has 0 N–H and O–H groups in total. The lowest BCUT2D eigenvalue weighted by atomic mass is 10.1. The molecule has 5 nitrogen and oxygen atoms in total. The van der Waals surface area contributed by atoms with Crippen molar-refractivity contribution in [2.75, 3.05) is 16.4 Å². The molecule has 3 aliphatic rings. The third-order valence-electron chi connectivity index (χ3n) is 5.23. The molecule has 0 aromatic heterocycles. The van der Waals surface area contributed by atoms with E-state index in [4.69, 9.17) is 0 Å². The number of aryl methyl sites for hydroxylation is 1. The highest BCUT2D eigenvalue weighted by atomic mass is 32.2. The zero-order valence-electron chi connectivity index (χ0n) is 14.9. The van der Waals surface area contributed by atoms with Crippen molar-refractivity contribution in [3.63, 3.8) is 0 Å². The molecule has 7 heteroatoms. The van der Waals surface area contributed by atoms with Gasteiger partial charge in [0.25, 0.3) is 5.91 Å². The van der Waals surface area contributed by atoms with E-state index in [0.29, 0.717) is 5.17 Å². The highest BCUT2D eigenvalue weighted by Crippen LogP contribution is 2.41. The fraction of sp³-hybridized carbons (Fsp3) is 0.579. The van der Waals surface area contributed by atoms with E-state index >= 15 is 0 Å². The van der Waals surface area contributed by atoms with Gasteiger partial charge in [0.1, 0.15) is 0 Å². The first kappa shape index (κ1) is 18.0. The number of carbonyl (C=O) groups excluding carboxylic acids is 1. The minimum Gasteiger partial charge on any atom is -0.316 e. The van der Waals surface area contributed by atoms with E-state index in [0.717, 1.165) is 37.8 Å². The number of hydrogen-bond acceptors (Lipinski definition) is 4. The van der Waals surface area contributed by atoms with Gasteiger partial charge in [-0.3, -0.25) is 4.79 Å². The van der Waals surface area contributed by atoms with Gasteiger partial charge >= 0.3 is 0 Å². The van der Waals surface area contributed by atoms with E-state index in [1.807, 2.05) is 17.0 Å². The largest absolute Gasteiger partial charge is 0.316 e. The van der Waals surface area contributed by atoms with Crippen LogP contribution in [0.25, 0.3) is 0 Å². The highest BCUT2D eigenvalue weighted by Gasteiger charge is 2.49. The SMILES string of the molecule is CCCCc1ccc(N2C(=NC(=O)C3CC3)S[C@H]3CS(=O)(=O)C[C@H]32)cc1. The van der Waals surface area contributed by atoms with Crippen molar-refractivity contribution in [3.8, 4) is 0 Å². The van der Waals surface area contributed by atoms with Crippen LogP contribution < -0.4 is 4.90 Å². The summed E-state index contributed by atoms with van der Waals surface area (Å²) in [6.07, 6.45) is 5.21. The zero-order chi connectivity index (χ0) is 18.3. The van der Waals surface area contributed by atoms with Crippen LogP contribution in [0.2, 0.25) is 0 Å². The minimum atomic E-state index is -3.02. The number of amides is 1. The van der Waals surface area contributed by atoms with E-state index in [1.165, 1.54) is 17.3 Å². The highest BCUT2D eigenvalue weighted by molar-refractivity contribution is 8.16. The molecule has 4 rings (SSSR count). The fourth-order valence-electron chi connectivity index (χ4n) is 3.59. The smallest absolute Gasteiger partial charge is 0.251 e. The number of nitrogens with zero attached hydrogens (tertiary/aromatic N) is 2. The molecule has 0 radical (unpaired) electrons. The van der Waals surface area contributed by atoms with Crippen molar-refractivity contribution in [3.05, 3.63) is 29.8 Å². The molecule has 26 heavy (non-hydrogen) atoms. The predicted molar refractivity (Wildman–Crippen MR) is 107 cm³/mol. The number of sulfone groups is 1. The Morgan fingerprint density at radius 3 is 2.62 bits per heavy atom. The van der Waals surface area contributed by atoms with Crippen molar-refractivity contribution in [2.24, 2.45) is 10.9 Å². The predicted octanol–water partition coefficient (Wildman–Crippen LogP) is 3.04. The van der Waals surface area contributed by atoms with Gasteiger partial charge < -0.3 is 4.90 Å². The van der Waals surface area contributed by atoms with Gasteiger partial charge in [-0.05, 0) is 43.4 Å². The first-order valence-corrected chi connectivity index (χ1v) is 12.0. The average molecular weight is 393 g/mol. The molecule has 0 unspecified atom stereocenters. The molecule has 3 fully saturated rings. The van der Waals surface area contributed by atoms with Crippen molar-refractivity contribution in [1.82, 2.24) is 0 Å². The Bertz CT molecular complexity index is 829. The van der Waals surface area contributed by atoms with Gasteiger partial charge in [0.05, 0.1) is 17.5 Å². The molecular formula is C19H24N2O3S2. The van der Waals surface area contributed by atoms with Crippen LogP contribution in [0.15, 0.2) is 29.3 Å². The quantitative estimate of drug-likeness (QED) is 0.770. The van der Waals surface area contributed by atoms with Crippen molar-refractivity contribution < 1.29 is 13.2 Å². The Morgan fingerprint density at radius 2 is 1.96 bits per heavy atom. The third kappa shape index (κ3) is 3.69. The Hall–Kier alpha value is -1.34. The summed E-state index contributed by atoms with van der Waals surface area (Å²) in [6.45, 7) is 2.18. The second kappa shape index (κ2) is 7.00. The zero-order valence-corrected chi connectivity index (χ0v) is 16.6. The molecule has 1 aromatic rings. The Morgan fingerprint density at radius 1 is 1.23 bits per heavy atom. The third-order valence-corrected chi connectivity index (χ3v) is 8.44. The number of carbonyl (C=O) groups is 1. The van der Waals surface area contributed by atoms with E-state index in [9.17, 15) is 13.2 Å². The second-order valence-electron chi connectivity index (χ2n) is 7.45. The van der Waals surface area contributed by atoms with Crippen LogP contribution in [-0.2, 0) is 21.1 Å². The summed E-state index contributed by atoms with van der Waals surface area (Å²) in [7, 11) is -3.02. The number of thioether (sulfide) groups is 1. The topological polar surface area (TPSA) is 66.8 Å². The maximum Gasteiger partial charge on any atom is 0.251 e. The molecule has 1 aliphatic carbocycles. The lowest BCUT2D eigenvalue weighted by Crippen LogP contribution is -2.37. The molecular weight excluding hydrogens is 368 g/mol. The lowest BCUT2D eigenvalue weighted by Gasteiger charge is -2.24. The second-order valence-corrected chi connectivity index (χ2v) is 10.8. The van der Waals surface area contributed by atoms with Gasteiger partial charge in [-0.15, -0.1) is 0 Å². The fourth-order valence-corrected chi connectivity index (χ4v) is 7.51. The first-order chi connectivity index (χ1) is 12.5. The molecule has 140 valence electrons. The van der Waals surface area contributed by atoms with Gasteiger partial charge in [-0.25, -0.2) is 8.42 Å². The summed E-state index contributed by atoms with van der Waals surface area (Å²) in [6, 6.07) is 8.16. The van der Waals surface area contributed by atoms with E-state index in [2.05, 4.69) is 24.0 Å². The Balaban J connectivity index is 1.62. The van der Waals surface area contributed by atoms with Crippen molar-refractivity contribution in [2.45, 2.75) is 50.3 Å². The Kier molecular flexibility index (Phi) is 4.86. The summed E-state index contributed by atoms with van der Waals surface area (Å²) < 4.78 is 24.2. The normalized spacial score (nSPS) is 28.5. The lowest BCUT2D eigenvalue weighted by molar-refractivity contribution is -0.118. The van der Waals surface area contributed by atoms with Gasteiger partial charge in [0.2, 0.25) is 0 Å². The Labute approximate surface area is 159 Å². The monoisotopic (exact) mass is 392 g/mol. The van der Waals surface area contributed by atoms with Crippen LogP contribution in [0, 0.1) is 5.92 Å². The summed E-state index contributed by atoms with van der Waals surface area (Å²) in [5.41, 5.74) is 2.22.